The highest BCUT2D eigenvalue weighted by molar-refractivity contribution is 5.95. The van der Waals surface area contributed by atoms with Crippen molar-refractivity contribution in [3.8, 4) is 0 Å². The Morgan fingerprint density at radius 1 is 1.11 bits per heavy atom. The van der Waals surface area contributed by atoms with Gasteiger partial charge in [0.15, 0.2) is 0 Å². The number of likely N-dealkylation sites (tertiary alicyclic amines) is 1. The minimum Gasteiger partial charge on any atom is -0.481 e. The SMILES string of the molecule is NC(Cc1c[nH]c2ccccc12)C(=O)N1CCCC1C(=O)NC(CO)C(=O)NC(CCC(=O)O)C(=O)O. The van der Waals surface area contributed by atoms with Crippen LogP contribution in [0, 0.1) is 0 Å². The number of benzene rings is 1. The second kappa shape index (κ2) is 12.3. The Kier molecular flexibility index (Phi) is 9.20. The van der Waals surface area contributed by atoms with Gasteiger partial charge in [-0.1, -0.05) is 18.2 Å². The molecular weight excluding hydrogens is 486 g/mol. The normalized spacial score (nSPS) is 17.7. The number of aromatic amines is 1. The number of carbonyl (C=O) groups excluding carboxylic acids is 3. The fourth-order valence-electron chi connectivity index (χ4n) is 4.40. The number of amides is 3. The highest BCUT2D eigenvalue weighted by Crippen LogP contribution is 2.22. The Labute approximate surface area is 212 Å². The maximum Gasteiger partial charge on any atom is 0.326 e. The molecule has 37 heavy (non-hydrogen) atoms. The van der Waals surface area contributed by atoms with Crippen LogP contribution in [0.15, 0.2) is 30.5 Å². The number of nitrogens with one attached hydrogen (secondary N) is 3. The summed E-state index contributed by atoms with van der Waals surface area (Å²) in [5.74, 6) is -4.78. The zero-order valence-corrected chi connectivity index (χ0v) is 20.1. The molecule has 0 radical (unpaired) electrons. The lowest BCUT2D eigenvalue weighted by Crippen LogP contribution is -2.57. The highest BCUT2D eigenvalue weighted by atomic mass is 16.4. The van der Waals surface area contributed by atoms with E-state index in [-0.39, 0.29) is 12.8 Å². The van der Waals surface area contributed by atoms with E-state index in [2.05, 4.69) is 15.6 Å². The largest absolute Gasteiger partial charge is 0.481 e. The monoisotopic (exact) mass is 517 g/mol. The molecule has 1 saturated heterocycles. The third-order valence-electron chi connectivity index (χ3n) is 6.35. The number of carbonyl (C=O) groups is 5. The molecule has 1 aliphatic rings. The number of carboxylic acid groups (broad SMARTS) is 2. The van der Waals surface area contributed by atoms with Crippen LogP contribution in [0.2, 0.25) is 0 Å². The lowest BCUT2D eigenvalue weighted by molar-refractivity contribution is -0.144. The second-order valence-corrected chi connectivity index (χ2v) is 8.94. The molecule has 8 N–H and O–H groups in total. The average Bonchev–Trinajstić information content (AvgIpc) is 3.51. The number of para-hydroxylation sites is 1. The number of rotatable bonds is 12. The van der Waals surface area contributed by atoms with Gasteiger partial charge in [0.25, 0.3) is 0 Å². The van der Waals surface area contributed by atoms with Gasteiger partial charge in [0.2, 0.25) is 17.7 Å². The molecule has 0 spiro atoms. The van der Waals surface area contributed by atoms with Crippen molar-refractivity contribution in [1.29, 1.82) is 0 Å². The van der Waals surface area contributed by atoms with Crippen LogP contribution in [-0.4, -0.2) is 92.2 Å². The molecule has 2 heterocycles. The molecule has 1 aromatic heterocycles. The molecule has 3 amide bonds. The number of aliphatic hydroxyl groups excluding tert-OH is 1. The van der Waals surface area contributed by atoms with E-state index in [0.29, 0.717) is 19.4 Å². The fraction of sp³-hybridized carbons (Fsp3) is 0.458. The lowest BCUT2D eigenvalue weighted by atomic mass is 10.0. The summed E-state index contributed by atoms with van der Waals surface area (Å²) in [5.41, 5.74) is 7.99. The molecule has 13 heteroatoms. The third kappa shape index (κ3) is 6.83. The molecule has 13 nitrogen and oxygen atoms in total. The molecule has 4 unspecified atom stereocenters. The first kappa shape index (κ1) is 27.6. The van der Waals surface area contributed by atoms with E-state index < -0.39 is 66.9 Å². The van der Waals surface area contributed by atoms with Crippen LogP contribution in [0.3, 0.4) is 0 Å². The molecule has 0 bridgehead atoms. The van der Waals surface area contributed by atoms with E-state index in [0.717, 1.165) is 16.5 Å². The number of H-pyrrole nitrogens is 1. The van der Waals surface area contributed by atoms with Crippen LogP contribution in [0.5, 0.6) is 0 Å². The highest BCUT2D eigenvalue weighted by Gasteiger charge is 2.38. The van der Waals surface area contributed by atoms with E-state index in [1.807, 2.05) is 24.3 Å². The van der Waals surface area contributed by atoms with Crippen molar-refractivity contribution >= 4 is 40.6 Å². The molecule has 0 aliphatic carbocycles. The molecule has 3 rings (SSSR count). The first-order chi connectivity index (χ1) is 17.6. The predicted molar refractivity (Wildman–Crippen MR) is 130 cm³/mol. The Balaban J connectivity index is 1.62. The quantitative estimate of drug-likeness (QED) is 0.182. The zero-order valence-electron chi connectivity index (χ0n) is 20.1. The smallest absolute Gasteiger partial charge is 0.326 e. The van der Waals surface area contributed by atoms with Crippen molar-refractivity contribution in [3.63, 3.8) is 0 Å². The fourth-order valence-corrected chi connectivity index (χ4v) is 4.40. The van der Waals surface area contributed by atoms with Crippen LogP contribution >= 0.6 is 0 Å². The predicted octanol–water partition coefficient (Wildman–Crippen LogP) is -1.06. The number of nitrogens with two attached hydrogens (primary N) is 1. The number of carboxylic acids is 2. The number of hydrogen-bond acceptors (Lipinski definition) is 7. The number of fused-ring (bicyclic) bond motifs is 1. The number of hydrogen-bond donors (Lipinski definition) is 7. The third-order valence-corrected chi connectivity index (χ3v) is 6.35. The van der Waals surface area contributed by atoms with Crippen LogP contribution < -0.4 is 16.4 Å². The molecule has 2 aromatic rings. The summed E-state index contributed by atoms with van der Waals surface area (Å²) >= 11 is 0. The van der Waals surface area contributed by atoms with E-state index in [1.165, 1.54) is 4.90 Å². The molecule has 200 valence electrons. The second-order valence-electron chi connectivity index (χ2n) is 8.94. The molecule has 1 fully saturated rings. The summed E-state index contributed by atoms with van der Waals surface area (Å²) in [6, 6.07) is 2.77. The maximum absolute atomic E-state index is 13.1. The van der Waals surface area contributed by atoms with Gasteiger partial charge in [-0.2, -0.15) is 0 Å². The molecule has 4 atom stereocenters. The summed E-state index contributed by atoms with van der Waals surface area (Å²) in [7, 11) is 0. The maximum atomic E-state index is 13.1. The van der Waals surface area contributed by atoms with Crippen molar-refractivity contribution in [1.82, 2.24) is 20.5 Å². The lowest BCUT2D eigenvalue weighted by Gasteiger charge is -2.28. The van der Waals surface area contributed by atoms with Crippen molar-refractivity contribution in [2.24, 2.45) is 5.73 Å². The van der Waals surface area contributed by atoms with Gasteiger partial charge in [0.05, 0.1) is 12.6 Å². The average molecular weight is 518 g/mol. The summed E-state index contributed by atoms with van der Waals surface area (Å²) in [6.07, 6.45) is 2.04. The van der Waals surface area contributed by atoms with Crippen LogP contribution in [0.1, 0.15) is 31.2 Å². The first-order valence-electron chi connectivity index (χ1n) is 11.9. The van der Waals surface area contributed by atoms with Gasteiger partial charge in [-0.3, -0.25) is 19.2 Å². The van der Waals surface area contributed by atoms with E-state index in [9.17, 15) is 34.2 Å². The van der Waals surface area contributed by atoms with Crippen LogP contribution in [0.4, 0.5) is 0 Å². The van der Waals surface area contributed by atoms with Crippen molar-refractivity contribution < 1.29 is 39.3 Å². The minimum atomic E-state index is -1.51. The Morgan fingerprint density at radius 3 is 2.51 bits per heavy atom. The van der Waals surface area contributed by atoms with Gasteiger partial charge in [0.1, 0.15) is 18.1 Å². The number of aromatic nitrogens is 1. The van der Waals surface area contributed by atoms with Gasteiger partial charge >= 0.3 is 11.9 Å². The topological polar surface area (TPSA) is 215 Å². The number of aliphatic carboxylic acids is 2. The first-order valence-corrected chi connectivity index (χ1v) is 11.9. The molecular formula is C24H31N5O8. The standard InChI is InChI=1S/C24H31N5O8/c25-15(10-13-11-26-16-5-2-1-4-14(13)16)23(35)29-9-3-6-19(29)22(34)28-18(12-30)21(33)27-17(24(36)37)7-8-20(31)32/h1-2,4-5,11,15,17-19,26,30H,3,6-10,12,25H2,(H,27,33)(H,28,34)(H,31,32)(H,36,37). The van der Waals surface area contributed by atoms with Crippen LogP contribution in [-0.2, 0) is 30.4 Å². The van der Waals surface area contributed by atoms with Gasteiger partial charge in [-0.25, -0.2) is 4.79 Å². The van der Waals surface area contributed by atoms with Gasteiger partial charge in [0, 0.05) is 30.1 Å². The Morgan fingerprint density at radius 2 is 1.84 bits per heavy atom. The Bertz CT molecular complexity index is 1160. The molecule has 1 aromatic carbocycles. The van der Waals surface area contributed by atoms with Crippen molar-refractivity contribution in [3.05, 3.63) is 36.0 Å². The summed E-state index contributed by atoms with van der Waals surface area (Å²) in [4.78, 5) is 65.1. The van der Waals surface area contributed by atoms with Gasteiger partial charge in [-0.05, 0) is 37.3 Å². The van der Waals surface area contributed by atoms with Crippen molar-refractivity contribution in [2.75, 3.05) is 13.2 Å². The summed E-state index contributed by atoms with van der Waals surface area (Å²) in [5, 5.41) is 33.0. The number of nitrogens with zero attached hydrogens (tertiary/aromatic N) is 1. The zero-order chi connectivity index (χ0) is 27.1. The molecule has 1 aliphatic heterocycles. The van der Waals surface area contributed by atoms with E-state index in [1.54, 1.807) is 6.20 Å². The van der Waals surface area contributed by atoms with Crippen LogP contribution in [0.25, 0.3) is 10.9 Å². The number of aliphatic hydroxyl groups is 1. The molecule has 0 saturated carbocycles. The van der Waals surface area contributed by atoms with Gasteiger partial charge in [-0.15, -0.1) is 0 Å². The van der Waals surface area contributed by atoms with E-state index >= 15 is 0 Å². The van der Waals surface area contributed by atoms with E-state index in [4.69, 9.17) is 10.8 Å². The van der Waals surface area contributed by atoms with Gasteiger partial charge < -0.3 is 41.6 Å². The minimum absolute atomic E-state index is 0.252. The summed E-state index contributed by atoms with van der Waals surface area (Å²) < 4.78 is 0. The summed E-state index contributed by atoms with van der Waals surface area (Å²) in [6.45, 7) is -0.533. The Hall–Kier alpha value is -3.97. The van der Waals surface area contributed by atoms with Crippen molar-refractivity contribution in [2.45, 2.75) is 56.3 Å².